The van der Waals surface area contributed by atoms with Crippen LogP contribution in [0.2, 0.25) is 0 Å². The van der Waals surface area contributed by atoms with Gasteiger partial charge in [0.2, 0.25) is 0 Å². The number of likely N-dealkylation sites (N-methyl/N-ethyl adjacent to an activating group) is 1. The maximum absolute atomic E-state index is 9.93. The molecule has 0 spiro atoms. The molecular weight excluding hydrogens is 176 g/mol. The highest BCUT2D eigenvalue weighted by atomic mass is 16.3. The summed E-state index contributed by atoms with van der Waals surface area (Å²) in [7, 11) is 2.18. The van der Waals surface area contributed by atoms with Crippen molar-refractivity contribution in [3.05, 3.63) is 0 Å². The first-order valence-corrected chi connectivity index (χ1v) is 5.88. The summed E-state index contributed by atoms with van der Waals surface area (Å²) in [5.74, 6) is 0. The van der Waals surface area contributed by atoms with E-state index in [4.69, 9.17) is 0 Å². The van der Waals surface area contributed by atoms with E-state index in [0.29, 0.717) is 6.04 Å². The molecule has 0 aromatic carbocycles. The number of hydrogen-bond acceptors (Lipinski definition) is 3. The average molecular weight is 198 g/mol. The van der Waals surface area contributed by atoms with Gasteiger partial charge in [-0.1, -0.05) is 12.8 Å². The Labute approximate surface area is 86.7 Å². The number of nitrogens with zero attached hydrogens (tertiary/aromatic N) is 2. The minimum absolute atomic E-state index is 0.0628. The molecule has 3 heteroatoms. The Morgan fingerprint density at radius 3 is 2.29 bits per heavy atom. The minimum atomic E-state index is -0.0628. The van der Waals surface area contributed by atoms with Crippen molar-refractivity contribution in [3.8, 4) is 0 Å². The molecule has 0 aromatic rings. The molecule has 0 aromatic heterocycles. The molecule has 1 saturated heterocycles. The summed E-state index contributed by atoms with van der Waals surface area (Å²) >= 11 is 0. The normalized spacial score (nSPS) is 37.3. The zero-order chi connectivity index (χ0) is 9.97. The Morgan fingerprint density at radius 1 is 1.00 bits per heavy atom. The van der Waals surface area contributed by atoms with E-state index >= 15 is 0 Å². The summed E-state index contributed by atoms with van der Waals surface area (Å²) < 4.78 is 0. The van der Waals surface area contributed by atoms with Gasteiger partial charge in [0, 0.05) is 32.2 Å². The number of piperazine rings is 1. The Kier molecular flexibility index (Phi) is 3.42. The molecule has 14 heavy (non-hydrogen) atoms. The van der Waals surface area contributed by atoms with Gasteiger partial charge in [0.25, 0.3) is 0 Å². The first-order valence-electron chi connectivity index (χ1n) is 5.88. The van der Waals surface area contributed by atoms with Crippen molar-refractivity contribution in [1.29, 1.82) is 0 Å². The van der Waals surface area contributed by atoms with Gasteiger partial charge in [-0.05, 0) is 19.9 Å². The van der Waals surface area contributed by atoms with Crippen LogP contribution in [0.5, 0.6) is 0 Å². The highest BCUT2D eigenvalue weighted by molar-refractivity contribution is 4.85. The Hall–Kier alpha value is -0.120. The third kappa shape index (κ3) is 2.27. The van der Waals surface area contributed by atoms with E-state index in [2.05, 4.69) is 16.8 Å². The van der Waals surface area contributed by atoms with E-state index in [1.54, 1.807) is 0 Å². The highest BCUT2D eigenvalue weighted by Crippen LogP contribution is 2.23. The molecule has 1 heterocycles. The van der Waals surface area contributed by atoms with Gasteiger partial charge in [-0.25, -0.2) is 0 Å². The topological polar surface area (TPSA) is 26.7 Å². The van der Waals surface area contributed by atoms with Crippen molar-refractivity contribution in [2.45, 2.75) is 37.8 Å². The van der Waals surface area contributed by atoms with Crippen LogP contribution in [-0.4, -0.2) is 60.3 Å². The SMILES string of the molecule is CN1CCN([C@@H]2CCCC[C@H]2O)CC1. The Balaban J connectivity index is 1.87. The van der Waals surface area contributed by atoms with Gasteiger partial charge in [-0.3, -0.25) is 4.90 Å². The summed E-state index contributed by atoms with van der Waals surface area (Å²) in [6, 6.07) is 0.456. The lowest BCUT2D eigenvalue weighted by Crippen LogP contribution is -2.53. The van der Waals surface area contributed by atoms with Crippen molar-refractivity contribution in [2.24, 2.45) is 0 Å². The maximum atomic E-state index is 9.93. The highest BCUT2D eigenvalue weighted by Gasteiger charge is 2.29. The second-order valence-electron chi connectivity index (χ2n) is 4.76. The van der Waals surface area contributed by atoms with Crippen molar-refractivity contribution in [1.82, 2.24) is 9.80 Å². The van der Waals surface area contributed by atoms with Crippen LogP contribution in [0.25, 0.3) is 0 Å². The van der Waals surface area contributed by atoms with Crippen LogP contribution in [-0.2, 0) is 0 Å². The van der Waals surface area contributed by atoms with Crippen LogP contribution in [0.15, 0.2) is 0 Å². The van der Waals surface area contributed by atoms with E-state index in [1.807, 2.05) is 0 Å². The van der Waals surface area contributed by atoms with Crippen molar-refractivity contribution in [3.63, 3.8) is 0 Å². The summed E-state index contributed by atoms with van der Waals surface area (Å²) in [5, 5.41) is 9.93. The first-order chi connectivity index (χ1) is 6.77. The molecule has 1 aliphatic carbocycles. The standard InChI is InChI=1S/C11H22N2O/c1-12-6-8-13(9-7-12)10-4-2-3-5-11(10)14/h10-11,14H,2-9H2,1H3/t10-,11-/m1/s1. The molecule has 1 saturated carbocycles. The zero-order valence-electron chi connectivity index (χ0n) is 9.15. The summed E-state index contributed by atoms with van der Waals surface area (Å²) in [5.41, 5.74) is 0. The van der Waals surface area contributed by atoms with Crippen LogP contribution < -0.4 is 0 Å². The van der Waals surface area contributed by atoms with Gasteiger partial charge in [-0.15, -0.1) is 0 Å². The summed E-state index contributed by atoms with van der Waals surface area (Å²) in [6.45, 7) is 4.59. The van der Waals surface area contributed by atoms with Crippen LogP contribution in [0.4, 0.5) is 0 Å². The molecule has 2 fully saturated rings. The molecule has 0 radical (unpaired) electrons. The molecule has 82 valence electrons. The maximum Gasteiger partial charge on any atom is 0.0695 e. The van der Waals surface area contributed by atoms with Gasteiger partial charge < -0.3 is 10.0 Å². The number of hydrogen-bond donors (Lipinski definition) is 1. The monoisotopic (exact) mass is 198 g/mol. The number of rotatable bonds is 1. The zero-order valence-corrected chi connectivity index (χ0v) is 9.15. The lowest BCUT2D eigenvalue weighted by atomic mass is 9.91. The average Bonchev–Trinajstić information content (AvgIpc) is 2.20. The van der Waals surface area contributed by atoms with Crippen LogP contribution in [0.1, 0.15) is 25.7 Å². The number of aliphatic hydroxyl groups is 1. The fraction of sp³-hybridized carbons (Fsp3) is 1.00. The first kappa shape index (κ1) is 10.4. The molecule has 2 aliphatic rings. The second-order valence-corrected chi connectivity index (χ2v) is 4.76. The van der Waals surface area contributed by atoms with E-state index in [9.17, 15) is 5.11 Å². The Bertz CT molecular complexity index is 178. The number of aliphatic hydroxyl groups excluding tert-OH is 1. The van der Waals surface area contributed by atoms with Gasteiger partial charge in [-0.2, -0.15) is 0 Å². The van der Waals surface area contributed by atoms with Crippen LogP contribution in [0.3, 0.4) is 0 Å². The van der Waals surface area contributed by atoms with Crippen LogP contribution >= 0.6 is 0 Å². The minimum Gasteiger partial charge on any atom is -0.391 e. The van der Waals surface area contributed by atoms with Crippen LogP contribution in [0, 0.1) is 0 Å². The van der Waals surface area contributed by atoms with E-state index in [0.717, 1.165) is 32.6 Å². The summed E-state index contributed by atoms with van der Waals surface area (Å²) in [6.07, 6.45) is 4.66. The van der Waals surface area contributed by atoms with Gasteiger partial charge in [0.05, 0.1) is 6.10 Å². The molecule has 1 aliphatic heterocycles. The fourth-order valence-corrected chi connectivity index (χ4v) is 2.67. The molecule has 0 bridgehead atoms. The fourth-order valence-electron chi connectivity index (χ4n) is 2.67. The summed E-state index contributed by atoms with van der Waals surface area (Å²) in [4.78, 5) is 4.86. The van der Waals surface area contributed by atoms with Crippen molar-refractivity contribution >= 4 is 0 Å². The largest absolute Gasteiger partial charge is 0.391 e. The molecule has 0 unspecified atom stereocenters. The van der Waals surface area contributed by atoms with Gasteiger partial charge in [0.1, 0.15) is 0 Å². The van der Waals surface area contributed by atoms with E-state index in [1.165, 1.54) is 19.3 Å². The molecule has 0 amide bonds. The lowest BCUT2D eigenvalue weighted by molar-refractivity contribution is 0.000159. The predicted molar refractivity (Wildman–Crippen MR) is 57.3 cm³/mol. The van der Waals surface area contributed by atoms with E-state index < -0.39 is 0 Å². The smallest absolute Gasteiger partial charge is 0.0695 e. The quantitative estimate of drug-likeness (QED) is 0.666. The molecule has 2 atom stereocenters. The van der Waals surface area contributed by atoms with Gasteiger partial charge >= 0.3 is 0 Å². The van der Waals surface area contributed by atoms with Crippen molar-refractivity contribution in [2.75, 3.05) is 33.2 Å². The molecular formula is C11H22N2O. The van der Waals surface area contributed by atoms with E-state index in [-0.39, 0.29) is 6.10 Å². The second kappa shape index (κ2) is 4.60. The third-order valence-electron chi connectivity index (χ3n) is 3.70. The molecule has 1 N–H and O–H groups in total. The predicted octanol–water partition coefficient (Wildman–Crippen LogP) is 0.537. The van der Waals surface area contributed by atoms with Crippen molar-refractivity contribution < 1.29 is 5.11 Å². The molecule has 3 nitrogen and oxygen atoms in total. The third-order valence-corrected chi connectivity index (χ3v) is 3.70. The van der Waals surface area contributed by atoms with Gasteiger partial charge in [0.15, 0.2) is 0 Å². The Morgan fingerprint density at radius 2 is 1.64 bits per heavy atom. The lowest BCUT2D eigenvalue weighted by Gasteiger charge is -2.41. The molecule has 2 rings (SSSR count).